The lowest BCUT2D eigenvalue weighted by Crippen LogP contribution is -2.34. The molecule has 5 heteroatoms. The Morgan fingerprint density at radius 3 is 2.52 bits per heavy atom. The van der Waals surface area contributed by atoms with E-state index in [-0.39, 0.29) is 17.7 Å². The van der Waals surface area contributed by atoms with Crippen LogP contribution in [0.1, 0.15) is 51.5 Å². The van der Waals surface area contributed by atoms with Crippen LogP contribution >= 0.6 is 0 Å². The molecule has 0 spiro atoms. The molecule has 0 heterocycles. The third-order valence-electron chi connectivity index (χ3n) is 3.82. The predicted octanol–water partition coefficient (Wildman–Crippen LogP) is 2.46. The Balaban J connectivity index is 2.90. The van der Waals surface area contributed by atoms with Crippen molar-refractivity contribution >= 4 is 9.84 Å². The van der Waals surface area contributed by atoms with E-state index in [1.807, 2.05) is 26.8 Å². The van der Waals surface area contributed by atoms with E-state index in [0.29, 0.717) is 17.7 Å². The highest BCUT2D eigenvalue weighted by Crippen LogP contribution is 2.25. The Kier molecular flexibility index (Phi) is 6.84. The van der Waals surface area contributed by atoms with E-state index in [9.17, 15) is 13.5 Å². The van der Waals surface area contributed by atoms with Crippen molar-refractivity contribution in [3.63, 3.8) is 0 Å². The van der Waals surface area contributed by atoms with Gasteiger partial charge in [-0.15, -0.1) is 0 Å². The molecule has 0 aliphatic heterocycles. The van der Waals surface area contributed by atoms with Gasteiger partial charge in [0, 0.05) is 6.04 Å². The highest BCUT2D eigenvalue weighted by atomic mass is 32.2. The van der Waals surface area contributed by atoms with Gasteiger partial charge < -0.3 is 10.8 Å². The molecule has 120 valence electrons. The summed E-state index contributed by atoms with van der Waals surface area (Å²) in [6, 6.07) is 6.79. The smallest absolute Gasteiger partial charge is 0.178 e. The van der Waals surface area contributed by atoms with E-state index in [2.05, 4.69) is 0 Å². The van der Waals surface area contributed by atoms with Gasteiger partial charge in [0.05, 0.1) is 16.8 Å². The summed E-state index contributed by atoms with van der Waals surface area (Å²) in [6.45, 7) is 5.78. The van der Waals surface area contributed by atoms with E-state index in [4.69, 9.17) is 5.73 Å². The second-order valence-corrected chi connectivity index (χ2v) is 7.78. The van der Waals surface area contributed by atoms with Crippen molar-refractivity contribution in [2.45, 2.75) is 63.0 Å². The summed E-state index contributed by atoms with van der Waals surface area (Å²) in [5, 5.41) is 10.0. The van der Waals surface area contributed by atoms with Crippen LogP contribution in [0.2, 0.25) is 0 Å². The highest BCUT2D eigenvalue weighted by Gasteiger charge is 2.19. The Morgan fingerprint density at radius 1 is 1.29 bits per heavy atom. The average molecular weight is 313 g/mol. The van der Waals surface area contributed by atoms with Crippen LogP contribution in [0.15, 0.2) is 29.2 Å². The van der Waals surface area contributed by atoms with Crippen LogP contribution in [0.3, 0.4) is 0 Å². The lowest BCUT2D eigenvalue weighted by Gasteiger charge is -2.21. The van der Waals surface area contributed by atoms with Crippen molar-refractivity contribution in [2.24, 2.45) is 5.73 Å². The first-order valence-corrected chi connectivity index (χ1v) is 9.23. The van der Waals surface area contributed by atoms with Gasteiger partial charge in [0.1, 0.15) is 0 Å². The maximum atomic E-state index is 12.1. The fourth-order valence-corrected chi connectivity index (χ4v) is 3.72. The molecule has 1 aromatic rings. The molecule has 0 saturated carbocycles. The van der Waals surface area contributed by atoms with E-state index in [0.717, 1.165) is 12.0 Å². The number of aliphatic hydroxyl groups excluding tert-OH is 1. The van der Waals surface area contributed by atoms with Crippen LogP contribution in [-0.2, 0) is 9.84 Å². The van der Waals surface area contributed by atoms with Crippen molar-refractivity contribution in [3.05, 3.63) is 29.8 Å². The molecule has 3 unspecified atom stereocenters. The summed E-state index contributed by atoms with van der Waals surface area (Å²) in [5.41, 5.74) is 6.76. The van der Waals surface area contributed by atoms with Crippen molar-refractivity contribution < 1.29 is 13.5 Å². The normalized spacial score (nSPS) is 16.4. The third kappa shape index (κ3) is 5.09. The van der Waals surface area contributed by atoms with Gasteiger partial charge in [-0.25, -0.2) is 8.42 Å². The molecule has 3 atom stereocenters. The first kappa shape index (κ1) is 18.1. The molecule has 0 fully saturated rings. The zero-order chi connectivity index (χ0) is 16.0. The monoisotopic (exact) mass is 313 g/mol. The Morgan fingerprint density at radius 2 is 1.95 bits per heavy atom. The molecule has 1 aromatic carbocycles. The second-order valence-electron chi connectivity index (χ2n) is 5.67. The first-order valence-electron chi connectivity index (χ1n) is 7.58. The molecule has 0 bridgehead atoms. The lowest BCUT2D eigenvalue weighted by atomic mass is 9.92. The maximum Gasteiger partial charge on any atom is 0.178 e. The van der Waals surface area contributed by atoms with Gasteiger partial charge in [-0.3, -0.25) is 0 Å². The van der Waals surface area contributed by atoms with Gasteiger partial charge in [0.15, 0.2) is 9.84 Å². The fraction of sp³-hybridized carbons (Fsp3) is 0.625. The Bertz CT molecular complexity index is 542. The van der Waals surface area contributed by atoms with E-state index >= 15 is 0 Å². The van der Waals surface area contributed by atoms with Gasteiger partial charge in [0.25, 0.3) is 0 Å². The molecule has 0 amide bonds. The van der Waals surface area contributed by atoms with Gasteiger partial charge in [-0.05, 0) is 42.9 Å². The summed E-state index contributed by atoms with van der Waals surface area (Å²) in [6.07, 6.45) is 1.29. The second kappa shape index (κ2) is 7.92. The number of benzene rings is 1. The van der Waals surface area contributed by atoms with E-state index in [1.165, 1.54) is 0 Å². The maximum absolute atomic E-state index is 12.1. The Hall–Kier alpha value is -0.910. The quantitative estimate of drug-likeness (QED) is 0.772. The molecule has 0 saturated heterocycles. The fourth-order valence-electron chi connectivity index (χ4n) is 2.35. The Labute approximate surface area is 128 Å². The van der Waals surface area contributed by atoms with Crippen molar-refractivity contribution in [1.29, 1.82) is 0 Å². The number of hydrogen-bond donors (Lipinski definition) is 2. The summed E-state index contributed by atoms with van der Waals surface area (Å²) >= 11 is 0. The highest BCUT2D eigenvalue weighted by molar-refractivity contribution is 7.91. The van der Waals surface area contributed by atoms with Crippen LogP contribution < -0.4 is 5.73 Å². The topological polar surface area (TPSA) is 80.4 Å². The molecule has 21 heavy (non-hydrogen) atoms. The molecule has 0 aliphatic carbocycles. The predicted molar refractivity (Wildman–Crippen MR) is 86.1 cm³/mol. The van der Waals surface area contributed by atoms with Crippen LogP contribution in [0.5, 0.6) is 0 Å². The minimum absolute atomic E-state index is 0.0642. The molecule has 3 N–H and O–H groups in total. The number of rotatable bonds is 8. The van der Waals surface area contributed by atoms with Crippen LogP contribution in [0, 0.1) is 0 Å². The largest absolute Gasteiger partial charge is 0.391 e. The minimum Gasteiger partial charge on any atom is -0.391 e. The lowest BCUT2D eigenvalue weighted by molar-refractivity contribution is 0.126. The first-order chi connectivity index (χ1) is 9.81. The van der Waals surface area contributed by atoms with E-state index < -0.39 is 15.9 Å². The van der Waals surface area contributed by atoms with Gasteiger partial charge in [-0.1, -0.05) is 32.9 Å². The van der Waals surface area contributed by atoms with Crippen LogP contribution in [0.4, 0.5) is 0 Å². The van der Waals surface area contributed by atoms with Crippen LogP contribution in [-0.4, -0.2) is 31.4 Å². The minimum atomic E-state index is -3.20. The number of sulfone groups is 1. The van der Waals surface area contributed by atoms with Crippen molar-refractivity contribution in [2.75, 3.05) is 5.75 Å². The number of aliphatic hydroxyl groups is 1. The summed E-state index contributed by atoms with van der Waals surface area (Å²) in [5.74, 6) is 0.225. The molecule has 4 nitrogen and oxygen atoms in total. The van der Waals surface area contributed by atoms with Gasteiger partial charge >= 0.3 is 0 Å². The molecule has 1 rings (SSSR count). The summed E-state index contributed by atoms with van der Waals surface area (Å²) in [4.78, 5) is 0.364. The van der Waals surface area contributed by atoms with Crippen LogP contribution in [0.25, 0.3) is 0 Å². The zero-order valence-electron chi connectivity index (χ0n) is 13.1. The summed E-state index contributed by atoms with van der Waals surface area (Å²) < 4.78 is 24.2. The number of nitrogens with two attached hydrogens (primary N) is 1. The SMILES string of the molecule is CCCS(=O)(=O)c1cccc(C(C)CC(O)C(N)CC)c1. The third-order valence-corrected chi connectivity index (χ3v) is 5.74. The molecule has 0 aliphatic rings. The van der Waals surface area contributed by atoms with E-state index in [1.54, 1.807) is 18.2 Å². The summed E-state index contributed by atoms with van der Waals surface area (Å²) in [7, 11) is -3.20. The average Bonchev–Trinajstić information content (AvgIpc) is 2.46. The zero-order valence-corrected chi connectivity index (χ0v) is 13.9. The van der Waals surface area contributed by atoms with Crippen molar-refractivity contribution in [3.8, 4) is 0 Å². The molecular weight excluding hydrogens is 286 g/mol. The standard InChI is InChI=1S/C16H27NO3S/c1-4-9-21(19,20)14-8-6-7-13(11-14)12(3)10-16(18)15(17)5-2/h6-8,11-12,15-16,18H,4-5,9-10,17H2,1-3H3. The molecule has 0 radical (unpaired) electrons. The van der Waals surface area contributed by atoms with Crippen molar-refractivity contribution in [1.82, 2.24) is 0 Å². The van der Waals surface area contributed by atoms with Gasteiger partial charge in [-0.2, -0.15) is 0 Å². The molecular formula is C16H27NO3S. The van der Waals surface area contributed by atoms with Gasteiger partial charge in [0.2, 0.25) is 0 Å². The molecule has 0 aromatic heterocycles. The number of hydrogen-bond acceptors (Lipinski definition) is 4.